The third kappa shape index (κ3) is 3.24. The van der Waals surface area contributed by atoms with Gasteiger partial charge in [0.25, 0.3) is 0 Å². The first-order valence-corrected chi connectivity index (χ1v) is 9.88. The van der Waals surface area contributed by atoms with Crippen LogP contribution in [0.15, 0.2) is 84.9 Å². The van der Waals surface area contributed by atoms with Gasteiger partial charge in [0.05, 0.1) is 16.9 Å². The Morgan fingerprint density at radius 1 is 0.862 bits per heavy atom. The van der Waals surface area contributed by atoms with Crippen molar-refractivity contribution >= 4 is 34.7 Å². The van der Waals surface area contributed by atoms with Crippen LogP contribution in [-0.4, -0.2) is 19.7 Å². The molecule has 2 heterocycles. The fraction of sp³-hybridized carbons (Fsp3) is 0. The zero-order valence-electron chi connectivity index (χ0n) is 15.2. The maximum Gasteiger partial charge on any atom is 0.200 e. The van der Waals surface area contributed by atoms with Crippen molar-refractivity contribution < 1.29 is 0 Å². The fourth-order valence-corrected chi connectivity index (χ4v) is 3.79. The number of aromatic amines is 1. The molecule has 0 fully saturated rings. The molecule has 6 heteroatoms. The summed E-state index contributed by atoms with van der Waals surface area (Å²) in [6.45, 7) is 0. The van der Waals surface area contributed by atoms with E-state index in [4.69, 9.17) is 28.8 Å². The highest BCUT2D eigenvalue weighted by molar-refractivity contribution is 7.71. The highest BCUT2D eigenvalue weighted by atomic mass is 35.5. The molecule has 0 aliphatic heterocycles. The summed E-state index contributed by atoms with van der Waals surface area (Å²) in [7, 11) is 0. The minimum atomic E-state index is 0.518. The Balaban J connectivity index is 1.80. The number of rotatable bonds is 3. The number of nitrogens with one attached hydrogen (secondary N) is 1. The van der Waals surface area contributed by atoms with Gasteiger partial charge in [-0.3, -0.25) is 9.67 Å². The summed E-state index contributed by atoms with van der Waals surface area (Å²) in [5.41, 5.74) is 4.69. The first kappa shape index (κ1) is 17.8. The predicted molar refractivity (Wildman–Crippen MR) is 120 cm³/mol. The number of hydrogen-bond donors (Lipinski definition) is 1. The number of nitrogens with zero attached hydrogens (tertiary/aromatic N) is 3. The summed E-state index contributed by atoms with van der Waals surface area (Å²) in [6, 6.07) is 27.8. The highest BCUT2D eigenvalue weighted by Gasteiger charge is 2.16. The molecule has 4 nitrogen and oxygen atoms in total. The van der Waals surface area contributed by atoms with Crippen molar-refractivity contribution in [3.8, 4) is 28.3 Å². The van der Waals surface area contributed by atoms with Crippen molar-refractivity contribution in [3.63, 3.8) is 0 Å². The predicted octanol–water partition coefficient (Wildman–Crippen LogP) is 6.47. The van der Waals surface area contributed by atoms with Gasteiger partial charge in [0.2, 0.25) is 0 Å². The van der Waals surface area contributed by atoms with Crippen LogP contribution in [0.4, 0.5) is 0 Å². The van der Waals surface area contributed by atoms with Crippen LogP contribution >= 0.6 is 23.8 Å². The Morgan fingerprint density at radius 2 is 1.59 bits per heavy atom. The lowest BCUT2D eigenvalue weighted by atomic mass is 10.0. The van der Waals surface area contributed by atoms with E-state index in [1.165, 1.54) is 0 Å². The molecule has 0 spiro atoms. The van der Waals surface area contributed by atoms with Gasteiger partial charge in [0.1, 0.15) is 0 Å². The van der Waals surface area contributed by atoms with E-state index in [-0.39, 0.29) is 0 Å². The second-order valence-corrected chi connectivity index (χ2v) is 7.43. The number of halogens is 1. The van der Waals surface area contributed by atoms with Crippen LogP contribution in [0.25, 0.3) is 39.2 Å². The van der Waals surface area contributed by atoms with Gasteiger partial charge < -0.3 is 0 Å². The third-order valence-corrected chi connectivity index (χ3v) is 5.31. The van der Waals surface area contributed by atoms with Gasteiger partial charge in [0, 0.05) is 21.5 Å². The average molecular weight is 415 g/mol. The van der Waals surface area contributed by atoms with E-state index < -0.39 is 0 Å². The van der Waals surface area contributed by atoms with E-state index >= 15 is 0 Å². The Kier molecular flexibility index (Phi) is 4.46. The summed E-state index contributed by atoms with van der Waals surface area (Å²) in [6.07, 6.45) is 0. The molecule has 29 heavy (non-hydrogen) atoms. The van der Waals surface area contributed by atoms with E-state index in [0.29, 0.717) is 9.79 Å². The molecule has 0 saturated carbocycles. The highest BCUT2D eigenvalue weighted by Crippen LogP contribution is 2.32. The average Bonchev–Trinajstić information content (AvgIpc) is 3.15. The van der Waals surface area contributed by atoms with Crippen molar-refractivity contribution in [1.82, 2.24) is 19.7 Å². The topological polar surface area (TPSA) is 46.5 Å². The molecular weight excluding hydrogens is 400 g/mol. The van der Waals surface area contributed by atoms with Gasteiger partial charge >= 0.3 is 0 Å². The van der Waals surface area contributed by atoms with Crippen LogP contribution in [0.2, 0.25) is 5.02 Å². The molecular formula is C23H15ClN4S. The van der Waals surface area contributed by atoms with Crippen LogP contribution in [0, 0.1) is 4.77 Å². The van der Waals surface area contributed by atoms with Crippen LogP contribution in [0.3, 0.4) is 0 Å². The Bertz CT molecular complexity index is 1370. The van der Waals surface area contributed by atoms with Crippen molar-refractivity contribution in [2.75, 3.05) is 0 Å². The largest absolute Gasteiger partial charge is 0.268 e. The zero-order chi connectivity index (χ0) is 19.8. The standard InChI is InChI=1S/C23H15ClN4S/c24-16-10-12-17(13-11-16)28-22(26-27-23(28)29)19-14-21(15-6-2-1-3-7-15)25-20-9-5-4-8-18(19)20/h1-14H,(H,27,29). The van der Waals surface area contributed by atoms with Gasteiger partial charge in [-0.05, 0) is 48.6 Å². The number of pyridine rings is 1. The van der Waals surface area contributed by atoms with Crippen LogP contribution in [-0.2, 0) is 0 Å². The van der Waals surface area contributed by atoms with Crippen molar-refractivity contribution in [2.45, 2.75) is 0 Å². The van der Waals surface area contributed by atoms with E-state index in [0.717, 1.165) is 39.2 Å². The second-order valence-electron chi connectivity index (χ2n) is 6.60. The van der Waals surface area contributed by atoms with Crippen LogP contribution in [0.5, 0.6) is 0 Å². The molecule has 3 aromatic carbocycles. The quantitative estimate of drug-likeness (QED) is 0.344. The number of para-hydroxylation sites is 1. The Hall–Kier alpha value is -3.28. The van der Waals surface area contributed by atoms with Crippen LogP contribution in [0.1, 0.15) is 0 Å². The van der Waals surface area contributed by atoms with Gasteiger partial charge in [-0.2, -0.15) is 5.10 Å². The lowest BCUT2D eigenvalue weighted by Gasteiger charge is -2.12. The van der Waals surface area contributed by atoms with Gasteiger partial charge in [0.15, 0.2) is 10.6 Å². The van der Waals surface area contributed by atoms with Gasteiger partial charge in [-0.1, -0.05) is 60.1 Å². The molecule has 0 unspecified atom stereocenters. The molecule has 0 aliphatic carbocycles. The third-order valence-electron chi connectivity index (χ3n) is 4.78. The molecule has 0 saturated heterocycles. The molecule has 0 bridgehead atoms. The number of benzene rings is 3. The van der Waals surface area contributed by atoms with Crippen molar-refractivity contribution in [1.29, 1.82) is 0 Å². The van der Waals surface area contributed by atoms with E-state index in [1.54, 1.807) is 0 Å². The van der Waals surface area contributed by atoms with E-state index in [9.17, 15) is 0 Å². The second kappa shape index (κ2) is 7.28. The van der Waals surface area contributed by atoms with Crippen LogP contribution < -0.4 is 0 Å². The summed E-state index contributed by atoms with van der Waals surface area (Å²) in [5, 5.41) is 9.17. The normalized spacial score (nSPS) is 11.1. The number of aromatic nitrogens is 4. The van der Waals surface area contributed by atoms with Crippen molar-refractivity contribution in [2.24, 2.45) is 0 Å². The zero-order valence-corrected chi connectivity index (χ0v) is 16.8. The Labute approximate surface area is 177 Å². The summed E-state index contributed by atoms with van der Waals surface area (Å²) in [4.78, 5) is 4.86. The lowest BCUT2D eigenvalue weighted by Crippen LogP contribution is -1.99. The molecule has 0 atom stereocenters. The first-order valence-electron chi connectivity index (χ1n) is 9.10. The SMILES string of the molecule is S=c1[nH]nc(-c2cc(-c3ccccc3)nc3ccccc23)n1-c1ccc(Cl)cc1. The first-order chi connectivity index (χ1) is 14.2. The maximum atomic E-state index is 6.07. The molecule has 1 N–H and O–H groups in total. The van der Waals surface area contributed by atoms with Crippen molar-refractivity contribution in [3.05, 3.63) is 94.7 Å². The minimum Gasteiger partial charge on any atom is -0.268 e. The minimum absolute atomic E-state index is 0.518. The molecule has 0 radical (unpaired) electrons. The summed E-state index contributed by atoms with van der Waals surface area (Å²) >= 11 is 11.6. The molecule has 0 aliphatic rings. The summed E-state index contributed by atoms with van der Waals surface area (Å²) < 4.78 is 2.44. The van der Waals surface area contributed by atoms with Gasteiger partial charge in [-0.15, -0.1) is 0 Å². The molecule has 5 aromatic rings. The smallest absolute Gasteiger partial charge is 0.200 e. The Morgan fingerprint density at radius 3 is 2.38 bits per heavy atom. The number of fused-ring (bicyclic) bond motifs is 1. The number of hydrogen-bond acceptors (Lipinski definition) is 3. The fourth-order valence-electron chi connectivity index (χ4n) is 3.42. The monoisotopic (exact) mass is 414 g/mol. The maximum absolute atomic E-state index is 6.07. The molecule has 0 amide bonds. The lowest BCUT2D eigenvalue weighted by molar-refractivity contribution is 1.04. The van der Waals surface area contributed by atoms with E-state index in [2.05, 4.69) is 34.5 Å². The van der Waals surface area contributed by atoms with Gasteiger partial charge in [-0.25, -0.2) is 4.98 Å². The molecule has 2 aromatic heterocycles. The molecule has 140 valence electrons. The molecule has 5 rings (SSSR count). The number of H-pyrrole nitrogens is 1. The van der Waals surface area contributed by atoms with E-state index in [1.807, 2.05) is 65.2 Å². The summed E-state index contributed by atoms with van der Waals surface area (Å²) in [5.74, 6) is 0.730.